The first kappa shape index (κ1) is 11.9. The van der Waals surface area contributed by atoms with Gasteiger partial charge in [-0.15, -0.1) is 11.6 Å². The Morgan fingerprint density at radius 1 is 1.31 bits per heavy atom. The summed E-state index contributed by atoms with van der Waals surface area (Å²) in [4.78, 5) is 11.9. The van der Waals surface area contributed by atoms with Crippen LogP contribution in [0.1, 0.15) is 29.6 Å². The fourth-order valence-electron chi connectivity index (χ4n) is 1.93. The van der Waals surface area contributed by atoms with Crippen molar-refractivity contribution in [1.29, 1.82) is 0 Å². The van der Waals surface area contributed by atoms with Crippen molar-refractivity contribution in [2.45, 2.75) is 30.7 Å². The lowest BCUT2D eigenvalue weighted by Crippen LogP contribution is -2.37. The maximum absolute atomic E-state index is 11.9. The highest BCUT2D eigenvalue weighted by atomic mass is 79.9. The Bertz CT molecular complexity index is 379. The van der Waals surface area contributed by atoms with Gasteiger partial charge in [-0.2, -0.15) is 0 Å². The number of amides is 1. The Morgan fingerprint density at radius 2 is 2.00 bits per heavy atom. The van der Waals surface area contributed by atoms with Gasteiger partial charge in [0.25, 0.3) is 5.91 Å². The van der Waals surface area contributed by atoms with Gasteiger partial charge in [-0.05, 0) is 43.5 Å². The Morgan fingerprint density at radius 3 is 2.56 bits per heavy atom. The van der Waals surface area contributed by atoms with Crippen LogP contribution in [0.3, 0.4) is 0 Å². The van der Waals surface area contributed by atoms with E-state index >= 15 is 0 Å². The van der Waals surface area contributed by atoms with E-state index in [0.717, 1.165) is 23.7 Å². The van der Waals surface area contributed by atoms with Crippen LogP contribution in [0.4, 0.5) is 0 Å². The maximum Gasteiger partial charge on any atom is 0.251 e. The molecule has 1 aliphatic rings. The predicted molar refractivity (Wildman–Crippen MR) is 68.9 cm³/mol. The van der Waals surface area contributed by atoms with Gasteiger partial charge < -0.3 is 5.32 Å². The molecule has 0 radical (unpaired) electrons. The van der Waals surface area contributed by atoms with E-state index < -0.39 is 0 Å². The minimum absolute atomic E-state index is 0.0370. The molecule has 0 aliphatic heterocycles. The number of alkyl halides is 1. The van der Waals surface area contributed by atoms with Gasteiger partial charge in [0.05, 0.1) is 5.38 Å². The van der Waals surface area contributed by atoms with E-state index in [1.165, 1.54) is 0 Å². The van der Waals surface area contributed by atoms with Crippen molar-refractivity contribution in [3.63, 3.8) is 0 Å². The molecule has 2 atom stereocenters. The number of carbonyl (C=O) groups is 1. The van der Waals surface area contributed by atoms with E-state index in [1.54, 1.807) is 12.1 Å². The highest BCUT2D eigenvalue weighted by molar-refractivity contribution is 9.10. The molecular weight excluding hydrogens is 289 g/mol. The monoisotopic (exact) mass is 301 g/mol. The molecule has 1 aromatic carbocycles. The van der Waals surface area contributed by atoms with Crippen LogP contribution in [0.5, 0.6) is 0 Å². The molecule has 1 aromatic rings. The Labute approximate surface area is 108 Å². The fourth-order valence-corrected chi connectivity index (χ4v) is 2.54. The number of hydrogen-bond donors (Lipinski definition) is 1. The number of halogens is 2. The van der Waals surface area contributed by atoms with Crippen LogP contribution >= 0.6 is 27.5 Å². The molecule has 0 spiro atoms. The number of benzene rings is 1. The smallest absolute Gasteiger partial charge is 0.251 e. The van der Waals surface area contributed by atoms with Gasteiger partial charge in [0.1, 0.15) is 0 Å². The molecule has 2 unspecified atom stereocenters. The van der Waals surface area contributed by atoms with Gasteiger partial charge in [-0.3, -0.25) is 4.79 Å². The Balaban J connectivity index is 2.00. The third kappa shape index (κ3) is 2.77. The third-order valence-electron chi connectivity index (χ3n) is 2.85. The number of rotatable bonds is 2. The second kappa shape index (κ2) is 5.19. The molecule has 1 fully saturated rings. The summed E-state index contributed by atoms with van der Waals surface area (Å²) in [6, 6.07) is 7.46. The first-order valence-electron chi connectivity index (χ1n) is 5.37. The van der Waals surface area contributed by atoms with Crippen molar-refractivity contribution in [2.75, 3.05) is 0 Å². The molecule has 0 heterocycles. The molecule has 1 amide bonds. The molecule has 2 nitrogen and oxygen atoms in total. The number of nitrogens with one attached hydrogen (secondary N) is 1. The molecule has 0 bridgehead atoms. The largest absolute Gasteiger partial charge is 0.348 e. The molecule has 16 heavy (non-hydrogen) atoms. The molecular formula is C12H13BrClNO. The topological polar surface area (TPSA) is 29.1 Å². The predicted octanol–water partition coefficient (Wildman–Crippen LogP) is 3.34. The van der Waals surface area contributed by atoms with Gasteiger partial charge in [0.15, 0.2) is 0 Å². The molecule has 86 valence electrons. The SMILES string of the molecule is O=C(NC1CCCC1Cl)c1ccc(Br)cc1. The standard InChI is InChI=1S/C12H13BrClNO/c13-9-6-4-8(5-7-9)12(16)15-11-3-1-2-10(11)14/h4-7,10-11H,1-3H2,(H,15,16). The second-order valence-corrected chi connectivity index (χ2v) is 5.51. The summed E-state index contributed by atoms with van der Waals surface area (Å²) in [5, 5.41) is 3.06. The molecule has 1 saturated carbocycles. The second-order valence-electron chi connectivity index (χ2n) is 4.03. The lowest BCUT2D eigenvalue weighted by atomic mass is 10.2. The van der Waals surface area contributed by atoms with Gasteiger partial charge in [0.2, 0.25) is 0 Å². The summed E-state index contributed by atoms with van der Waals surface area (Å²) in [5.41, 5.74) is 0.680. The first-order chi connectivity index (χ1) is 7.66. The summed E-state index contributed by atoms with van der Waals surface area (Å²) in [5.74, 6) is -0.0370. The maximum atomic E-state index is 11.9. The minimum atomic E-state index is -0.0370. The first-order valence-corrected chi connectivity index (χ1v) is 6.60. The summed E-state index contributed by atoms with van der Waals surface area (Å²) in [6.45, 7) is 0. The zero-order valence-electron chi connectivity index (χ0n) is 8.75. The van der Waals surface area contributed by atoms with Crippen LogP contribution in [0.25, 0.3) is 0 Å². The highest BCUT2D eigenvalue weighted by Crippen LogP contribution is 2.24. The summed E-state index contributed by atoms with van der Waals surface area (Å²) >= 11 is 9.45. The van der Waals surface area contributed by atoms with Crippen molar-refractivity contribution in [3.8, 4) is 0 Å². The van der Waals surface area contributed by atoms with Crippen LogP contribution in [0.15, 0.2) is 28.7 Å². The summed E-state index contributed by atoms with van der Waals surface area (Å²) in [7, 11) is 0. The highest BCUT2D eigenvalue weighted by Gasteiger charge is 2.26. The molecule has 0 aromatic heterocycles. The van der Waals surface area contributed by atoms with E-state index in [9.17, 15) is 4.79 Å². The summed E-state index contributed by atoms with van der Waals surface area (Å²) in [6.07, 6.45) is 3.07. The Kier molecular flexibility index (Phi) is 3.87. The van der Waals surface area contributed by atoms with Gasteiger partial charge in [-0.25, -0.2) is 0 Å². The zero-order chi connectivity index (χ0) is 11.5. The van der Waals surface area contributed by atoms with Crippen molar-refractivity contribution in [1.82, 2.24) is 5.32 Å². The van der Waals surface area contributed by atoms with Crippen molar-refractivity contribution >= 4 is 33.4 Å². The molecule has 2 rings (SSSR count). The molecule has 0 saturated heterocycles. The average Bonchev–Trinajstić information content (AvgIpc) is 2.65. The van der Waals surface area contributed by atoms with Crippen LogP contribution in [-0.2, 0) is 0 Å². The third-order valence-corrected chi connectivity index (χ3v) is 3.91. The summed E-state index contributed by atoms with van der Waals surface area (Å²) < 4.78 is 0.972. The van der Waals surface area contributed by atoms with Crippen LogP contribution in [0.2, 0.25) is 0 Å². The average molecular weight is 303 g/mol. The van der Waals surface area contributed by atoms with Crippen LogP contribution < -0.4 is 5.32 Å². The van der Waals surface area contributed by atoms with E-state index in [-0.39, 0.29) is 17.3 Å². The van der Waals surface area contributed by atoms with E-state index in [2.05, 4.69) is 21.2 Å². The number of hydrogen-bond acceptors (Lipinski definition) is 1. The minimum Gasteiger partial charge on any atom is -0.348 e. The van der Waals surface area contributed by atoms with Gasteiger partial charge >= 0.3 is 0 Å². The van der Waals surface area contributed by atoms with Crippen LogP contribution in [0, 0.1) is 0 Å². The normalized spacial score (nSPS) is 24.4. The molecule has 1 aliphatic carbocycles. The molecule has 4 heteroatoms. The van der Waals surface area contributed by atoms with Crippen LogP contribution in [-0.4, -0.2) is 17.3 Å². The lowest BCUT2D eigenvalue weighted by Gasteiger charge is -2.15. The molecule has 1 N–H and O–H groups in total. The Hall–Kier alpha value is -0.540. The fraction of sp³-hybridized carbons (Fsp3) is 0.417. The lowest BCUT2D eigenvalue weighted by molar-refractivity contribution is 0.0938. The van der Waals surface area contributed by atoms with Gasteiger partial charge in [-0.1, -0.05) is 15.9 Å². The van der Waals surface area contributed by atoms with Crippen molar-refractivity contribution < 1.29 is 4.79 Å². The van der Waals surface area contributed by atoms with E-state index in [1.807, 2.05) is 12.1 Å². The number of carbonyl (C=O) groups excluding carboxylic acids is 1. The van der Waals surface area contributed by atoms with Crippen molar-refractivity contribution in [3.05, 3.63) is 34.3 Å². The van der Waals surface area contributed by atoms with Gasteiger partial charge in [0, 0.05) is 16.1 Å². The van der Waals surface area contributed by atoms with E-state index in [0.29, 0.717) is 5.56 Å². The quantitative estimate of drug-likeness (QED) is 0.834. The van der Waals surface area contributed by atoms with Crippen molar-refractivity contribution in [2.24, 2.45) is 0 Å². The van der Waals surface area contributed by atoms with E-state index in [4.69, 9.17) is 11.6 Å². The zero-order valence-corrected chi connectivity index (χ0v) is 11.1.